The standard InChI is InChI=1S/C18H27N/c1-4-15(11-13-9-10-13)19-17-16-8-6-5-7-14(16)12-18(17,2)3/h5-8,13,15,17,19H,4,9-12H2,1-3H3. The van der Waals surface area contributed by atoms with Crippen molar-refractivity contribution in [2.24, 2.45) is 11.3 Å². The van der Waals surface area contributed by atoms with Gasteiger partial charge in [0.05, 0.1) is 0 Å². The summed E-state index contributed by atoms with van der Waals surface area (Å²) in [5.74, 6) is 1.01. The van der Waals surface area contributed by atoms with Gasteiger partial charge >= 0.3 is 0 Å². The van der Waals surface area contributed by atoms with Gasteiger partial charge in [-0.15, -0.1) is 0 Å². The molecule has 1 N–H and O–H groups in total. The second-order valence-electron chi connectivity index (χ2n) is 7.25. The van der Waals surface area contributed by atoms with Crippen LogP contribution >= 0.6 is 0 Å². The minimum Gasteiger partial charge on any atom is -0.307 e. The molecule has 1 nitrogen and oxygen atoms in total. The number of hydrogen-bond acceptors (Lipinski definition) is 1. The lowest BCUT2D eigenvalue weighted by Crippen LogP contribution is -2.38. The molecule has 0 aliphatic heterocycles. The minimum absolute atomic E-state index is 0.348. The second kappa shape index (κ2) is 4.94. The van der Waals surface area contributed by atoms with Gasteiger partial charge in [-0.2, -0.15) is 0 Å². The fourth-order valence-corrected chi connectivity index (χ4v) is 3.65. The predicted molar refractivity (Wildman–Crippen MR) is 81.2 cm³/mol. The normalized spacial score (nSPS) is 26.2. The molecule has 0 saturated heterocycles. The van der Waals surface area contributed by atoms with Crippen LogP contribution in [0.15, 0.2) is 24.3 Å². The lowest BCUT2D eigenvalue weighted by molar-refractivity contribution is 0.237. The molecule has 0 aromatic heterocycles. The smallest absolute Gasteiger partial charge is 0.0379 e. The highest BCUT2D eigenvalue weighted by molar-refractivity contribution is 5.37. The van der Waals surface area contributed by atoms with Crippen LogP contribution < -0.4 is 5.32 Å². The topological polar surface area (TPSA) is 12.0 Å². The van der Waals surface area contributed by atoms with E-state index in [4.69, 9.17) is 0 Å². The van der Waals surface area contributed by atoms with E-state index >= 15 is 0 Å². The largest absolute Gasteiger partial charge is 0.307 e. The van der Waals surface area contributed by atoms with Crippen LogP contribution in [0.3, 0.4) is 0 Å². The molecule has 2 aliphatic rings. The van der Waals surface area contributed by atoms with Crippen LogP contribution in [0.5, 0.6) is 0 Å². The molecule has 1 aromatic rings. The molecular weight excluding hydrogens is 230 g/mol. The number of rotatable bonds is 5. The molecule has 1 aromatic carbocycles. The number of benzene rings is 1. The van der Waals surface area contributed by atoms with Crippen LogP contribution in [0, 0.1) is 11.3 Å². The molecular formula is C18H27N. The Labute approximate surface area is 117 Å². The SMILES string of the molecule is CCC(CC1CC1)NC1c2ccccc2CC1(C)C. The van der Waals surface area contributed by atoms with Crippen LogP contribution in [-0.4, -0.2) is 6.04 Å². The molecule has 3 rings (SSSR count). The second-order valence-corrected chi connectivity index (χ2v) is 7.25. The van der Waals surface area contributed by atoms with Gasteiger partial charge in [-0.25, -0.2) is 0 Å². The van der Waals surface area contributed by atoms with Gasteiger partial charge in [-0.3, -0.25) is 0 Å². The summed E-state index contributed by atoms with van der Waals surface area (Å²) in [6.07, 6.45) is 6.77. The molecule has 2 unspecified atom stereocenters. The first kappa shape index (κ1) is 13.2. The van der Waals surface area contributed by atoms with E-state index in [-0.39, 0.29) is 0 Å². The fourth-order valence-electron chi connectivity index (χ4n) is 3.65. The Morgan fingerprint density at radius 1 is 1.26 bits per heavy atom. The zero-order valence-corrected chi connectivity index (χ0v) is 12.6. The van der Waals surface area contributed by atoms with Crippen molar-refractivity contribution in [1.82, 2.24) is 5.32 Å². The Morgan fingerprint density at radius 3 is 2.68 bits per heavy atom. The van der Waals surface area contributed by atoms with Crippen molar-refractivity contribution in [2.45, 2.75) is 65.0 Å². The van der Waals surface area contributed by atoms with Gasteiger partial charge in [0, 0.05) is 12.1 Å². The van der Waals surface area contributed by atoms with Crippen molar-refractivity contribution < 1.29 is 0 Å². The first-order valence-electron chi connectivity index (χ1n) is 7.94. The van der Waals surface area contributed by atoms with E-state index in [9.17, 15) is 0 Å². The molecule has 2 aliphatic carbocycles. The van der Waals surface area contributed by atoms with E-state index < -0.39 is 0 Å². The van der Waals surface area contributed by atoms with E-state index in [0.29, 0.717) is 17.5 Å². The lowest BCUT2D eigenvalue weighted by atomic mass is 9.84. The van der Waals surface area contributed by atoms with Gasteiger partial charge in [-0.1, -0.05) is 57.9 Å². The lowest BCUT2D eigenvalue weighted by Gasteiger charge is -2.32. The predicted octanol–water partition coefficient (Wildman–Crippen LogP) is 4.48. The maximum Gasteiger partial charge on any atom is 0.0379 e. The highest BCUT2D eigenvalue weighted by Gasteiger charge is 2.39. The van der Waals surface area contributed by atoms with E-state index in [1.54, 1.807) is 11.1 Å². The summed E-state index contributed by atoms with van der Waals surface area (Å²) in [4.78, 5) is 0. The summed E-state index contributed by atoms with van der Waals surface area (Å²) in [5, 5.41) is 3.98. The van der Waals surface area contributed by atoms with Crippen molar-refractivity contribution in [3.8, 4) is 0 Å². The van der Waals surface area contributed by atoms with Crippen LogP contribution in [0.25, 0.3) is 0 Å². The molecule has 0 amide bonds. The van der Waals surface area contributed by atoms with Gasteiger partial charge in [0.25, 0.3) is 0 Å². The summed E-state index contributed by atoms with van der Waals surface area (Å²) < 4.78 is 0. The Hall–Kier alpha value is -0.820. The first-order chi connectivity index (χ1) is 9.10. The molecule has 19 heavy (non-hydrogen) atoms. The van der Waals surface area contributed by atoms with Crippen molar-refractivity contribution >= 4 is 0 Å². The molecule has 1 fully saturated rings. The molecule has 104 valence electrons. The van der Waals surface area contributed by atoms with Crippen molar-refractivity contribution in [1.29, 1.82) is 0 Å². The quantitative estimate of drug-likeness (QED) is 0.820. The average Bonchev–Trinajstić information content (AvgIpc) is 3.14. The molecule has 1 heteroatoms. The maximum absolute atomic E-state index is 3.98. The van der Waals surface area contributed by atoms with Crippen molar-refractivity contribution in [3.63, 3.8) is 0 Å². The highest BCUT2D eigenvalue weighted by atomic mass is 15.0. The van der Waals surface area contributed by atoms with Gasteiger partial charge < -0.3 is 5.32 Å². The first-order valence-corrected chi connectivity index (χ1v) is 7.94. The molecule has 1 saturated carbocycles. The van der Waals surface area contributed by atoms with Crippen LogP contribution in [-0.2, 0) is 6.42 Å². The van der Waals surface area contributed by atoms with Crippen molar-refractivity contribution in [2.75, 3.05) is 0 Å². The third-order valence-electron chi connectivity index (χ3n) is 5.00. The van der Waals surface area contributed by atoms with E-state index in [1.165, 1.54) is 32.1 Å². The zero-order chi connectivity index (χ0) is 13.5. The van der Waals surface area contributed by atoms with Gasteiger partial charge in [0.1, 0.15) is 0 Å². The number of nitrogens with one attached hydrogen (secondary N) is 1. The Balaban J connectivity index is 1.77. The summed E-state index contributed by atoms with van der Waals surface area (Å²) in [6.45, 7) is 7.15. The monoisotopic (exact) mass is 257 g/mol. The van der Waals surface area contributed by atoms with E-state index in [0.717, 1.165) is 5.92 Å². The van der Waals surface area contributed by atoms with Crippen LogP contribution in [0.4, 0.5) is 0 Å². The van der Waals surface area contributed by atoms with Gasteiger partial charge in [0.2, 0.25) is 0 Å². The Morgan fingerprint density at radius 2 is 2.00 bits per heavy atom. The highest BCUT2D eigenvalue weighted by Crippen LogP contribution is 2.46. The summed E-state index contributed by atoms with van der Waals surface area (Å²) in [7, 11) is 0. The summed E-state index contributed by atoms with van der Waals surface area (Å²) in [6, 6.07) is 10.2. The van der Waals surface area contributed by atoms with Crippen molar-refractivity contribution in [3.05, 3.63) is 35.4 Å². The molecule has 0 spiro atoms. The Kier molecular flexibility index (Phi) is 3.42. The zero-order valence-electron chi connectivity index (χ0n) is 12.6. The molecule has 0 bridgehead atoms. The van der Waals surface area contributed by atoms with E-state index in [2.05, 4.69) is 50.4 Å². The van der Waals surface area contributed by atoms with E-state index in [1.807, 2.05) is 0 Å². The van der Waals surface area contributed by atoms with Gasteiger partial charge in [-0.05, 0) is 41.7 Å². The van der Waals surface area contributed by atoms with Crippen LogP contribution in [0.2, 0.25) is 0 Å². The molecule has 0 radical (unpaired) electrons. The Bertz CT molecular complexity index is 445. The fraction of sp³-hybridized carbons (Fsp3) is 0.667. The summed E-state index contributed by atoms with van der Waals surface area (Å²) >= 11 is 0. The third kappa shape index (κ3) is 2.72. The van der Waals surface area contributed by atoms with Crippen LogP contribution in [0.1, 0.15) is 63.6 Å². The average molecular weight is 257 g/mol. The van der Waals surface area contributed by atoms with Gasteiger partial charge in [0.15, 0.2) is 0 Å². The maximum atomic E-state index is 3.98. The summed E-state index contributed by atoms with van der Waals surface area (Å²) in [5.41, 5.74) is 3.44. The molecule has 2 atom stereocenters. The number of fused-ring (bicyclic) bond motifs is 1. The molecule has 0 heterocycles. The third-order valence-corrected chi connectivity index (χ3v) is 5.00. The number of hydrogen-bond donors (Lipinski definition) is 1. The minimum atomic E-state index is 0.348.